The predicted molar refractivity (Wildman–Crippen MR) is 66.5 cm³/mol. The maximum Gasteiger partial charge on any atom is 0.126 e. The Morgan fingerprint density at radius 1 is 1.47 bits per heavy atom. The third-order valence-corrected chi connectivity index (χ3v) is 3.49. The molecular formula is C14H19NO2. The molecule has 1 fully saturated rings. The van der Waals surface area contributed by atoms with E-state index >= 15 is 0 Å². The molecule has 0 radical (unpaired) electrons. The Labute approximate surface area is 102 Å². The zero-order valence-corrected chi connectivity index (χ0v) is 10.2. The Morgan fingerprint density at radius 3 is 3.24 bits per heavy atom. The molecule has 17 heavy (non-hydrogen) atoms. The van der Waals surface area contributed by atoms with Gasteiger partial charge in [-0.25, -0.2) is 0 Å². The summed E-state index contributed by atoms with van der Waals surface area (Å²) < 4.78 is 11.7. The maximum atomic E-state index is 5.88. The van der Waals surface area contributed by atoms with Crippen LogP contribution in [0.4, 0.5) is 0 Å². The summed E-state index contributed by atoms with van der Waals surface area (Å²) in [5, 5.41) is 3.31. The van der Waals surface area contributed by atoms with Gasteiger partial charge in [-0.15, -0.1) is 0 Å². The summed E-state index contributed by atoms with van der Waals surface area (Å²) in [5.74, 6) is 1.04. The van der Waals surface area contributed by atoms with E-state index in [9.17, 15) is 0 Å². The van der Waals surface area contributed by atoms with Crippen LogP contribution < -0.4 is 10.1 Å². The molecule has 0 bridgehead atoms. The standard InChI is InChI=1S/C14H19NO2/c1-10-2-3-14-11(6-10)7-13(17-14)9-16-12-4-5-15-8-12/h2-3,6,12-13,15H,4-5,7-9H2,1H3. The lowest BCUT2D eigenvalue weighted by Gasteiger charge is -2.15. The molecule has 1 N–H and O–H groups in total. The van der Waals surface area contributed by atoms with Crippen molar-refractivity contribution < 1.29 is 9.47 Å². The second kappa shape index (κ2) is 4.67. The Balaban J connectivity index is 1.55. The minimum atomic E-state index is 0.201. The summed E-state index contributed by atoms with van der Waals surface area (Å²) in [6.45, 7) is 4.89. The van der Waals surface area contributed by atoms with Crippen LogP contribution in [0, 0.1) is 6.92 Å². The Kier molecular flexibility index (Phi) is 3.04. The predicted octanol–water partition coefficient (Wildman–Crippen LogP) is 1.68. The van der Waals surface area contributed by atoms with Gasteiger partial charge in [0.05, 0.1) is 12.7 Å². The van der Waals surface area contributed by atoms with Gasteiger partial charge in [-0.1, -0.05) is 17.7 Å². The smallest absolute Gasteiger partial charge is 0.126 e. The molecule has 2 aliphatic rings. The van der Waals surface area contributed by atoms with Gasteiger partial charge < -0.3 is 14.8 Å². The Bertz CT molecular complexity index is 399. The van der Waals surface area contributed by atoms with E-state index in [1.807, 2.05) is 0 Å². The van der Waals surface area contributed by atoms with Crippen LogP contribution in [0.25, 0.3) is 0 Å². The number of nitrogens with one attached hydrogen (secondary N) is 1. The van der Waals surface area contributed by atoms with Crippen LogP contribution in [0.1, 0.15) is 17.5 Å². The van der Waals surface area contributed by atoms with Crippen molar-refractivity contribution in [2.24, 2.45) is 0 Å². The van der Waals surface area contributed by atoms with E-state index in [-0.39, 0.29) is 6.10 Å². The quantitative estimate of drug-likeness (QED) is 0.861. The molecule has 1 aromatic rings. The van der Waals surface area contributed by atoms with E-state index in [1.165, 1.54) is 11.1 Å². The molecule has 0 aliphatic carbocycles. The number of benzene rings is 1. The van der Waals surface area contributed by atoms with Crippen LogP contribution in [-0.2, 0) is 11.2 Å². The minimum Gasteiger partial charge on any atom is -0.487 e. The first kappa shape index (κ1) is 11.1. The topological polar surface area (TPSA) is 30.5 Å². The van der Waals surface area contributed by atoms with Crippen molar-refractivity contribution >= 4 is 0 Å². The molecule has 3 rings (SSSR count). The van der Waals surface area contributed by atoms with E-state index in [4.69, 9.17) is 9.47 Å². The lowest BCUT2D eigenvalue weighted by Crippen LogP contribution is -2.26. The number of hydrogen-bond donors (Lipinski definition) is 1. The fourth-order valence-corrected chi connectivity index (χ4v) is 2.56. The number of hydrogen-bond acceptors (Lipinski definition) is 3. The molecule has 2 atom stereocenters. The molecular weight excluding hydrogens is 214 g/mol. The summed E-state index contributed by atoms with van der Waals surface area (Å²) in [7, 11) is 0. The molecule has 92 valence electrons. The number of rotatable bonds is 3. The Morgan fingerprint density at radius 2 is 2.41 bits per heavy atom. The lowest BCUT2D eigenvalue weighted by atomic mass is 10.1. The number of fused-ring (bicyclic) bond motifs is 1. The third-order valence-electron chi connectivity index (χ3n) is 3.49. The molecule has 0 aromatic heterocycles. The van der Waals surface area contributed by atoms with Crippen molar-refractivity contribution in [1.29, 1.82) is 0 Å². The first-order valence-electron chi connectivity index (χ1n) is 6.40. The minimum absolute atomic E-state index is 0.201. The van der Waals surface area contributed by atoms with Gasteiger partial charge in [0.15, 0.2) is 0 Å². The molecule has 3 heteroatoms. The average molecular weight is 233 g/mol. The highest BCUT2D eigenvalue weighted by Gasteiger charge is 2.24. The molecule has 0 amide bonds. The second-order valence-electron chi connectivity index (χ2n) is 5.00. The van der Waals surface area contributed by atoms with Gasteiger partial charge in [0.25, 0.3) is 0 Å². The zero-order valence-electron chi connectivity index (χ0n) is 10.2. The highest BCUT2D eigenvalue weighted by Crippen LogP contribution is 2.29. The van der Waals surface area contributed by atoms with Crippen molar-refractivity contribution in [1.82, 2.24) is 5.32 Å². The summed E-state index contributed by atoms with van der Waals surface area (Å²) in [5.41, 5.74) is 2.62. The lowest BCUT2D eigenvalue weighted by molar-refractivity contribution is 0.0164. The summed E-state index contributed by atoms with van der Waals surface area (Å²) in [6, 6.07) is 6.39. The molecule has 2 heterocycles. The third kappa shape index (κ3) is 2.45. The summed E-state index contributed by atoms with van der Waals surface area (Å²) in [4.78, 5) is 0. The van der Waals surface area contributed by atoms with Gasteiger partial charge in [-0.05, 0) is 31.5 Å². The molecule has 1 aromatic carbocycles. The second-order valence-corrected chi connectivity index (χ2v) is 5.00. The highest BCUT2D eigenvalue weighted by atomic mass is 16.5. The van der Waals surface area contributed by atoms with Gasteiger partial charge in [-0.2, -0.15) is 0 Å². The molecule has 2 aliphatic heterocycles. The van der Waals surface area contributed by atoms with Crippen molar-refractivity contribution in [3.8, 4) is 5.75 Å². The van der Waals surface area contributed by atoms with Gasteiger partial charge in [0.1, 0.15) is 11.9 Å². The first-order valence-corrected chi connectivity index (χ1v) is 6.40. The molecule has 3 nitrogen and oxygen atoms in total. The van der Waals surface area contributed by atoms with Gasteiger partial charge in [0.2, 0.25) is 0 Å². The van der Waals surface area contributed by atoms with Crippen molar-refractivity contribution in [3.63, 3.8) is 0 Å². The van der Waals surface area contributed by atoms with Crippen molar-refractivity contribution in [2.75, 3.05) is 19.7 Å². The van der Waals surface area contributed by atoms with Crippen molar-refractivity contribution in [3.05, 3.63) is 29.3 Å². The molecule has 2 unspecified atom stereocenters. The van der Waals surface area contributed by atoms with E-state index in [2.05, 4.69) is 30.4 Å². The normalized spacial score (nSPS) is 26.9. The van der Waals surface area contributed by atoms with Gasteiger partial charge >= 0.3 is 0 Å². The van der Waals surface area contributed by atoms with Gasteiger partial charge in [-0.3, -0.25) is 0 Å². The van der Waals surface area contributed by atoms with E-state index in [0.717, 1.165) is 31.7 Å². The fraction of sp³-hybridized carbons (Fsp3) is 0.571. The average Bonchev–Trinajstić information content (AvgIpc) is 2.94. The Hall–Kier alpha value is -1.06. The molecule has 0 saturated carbocycles. The number of aryl methyl sites for hydroxylation is 1. The van der Waals surface area contributed by atoms with Crippen LogP contribution >= 0.6 is 0 Å². The van der Waals surface area contributed by atoms with E-state index < -0.39 is 0 Å². The molecule has 1 saturated heterocycles. The van der Waals surface area contributed by atoms with Crippen LogP contribution in [0.2, 0.25) is 0 Å². The summed E-state index contributed by atoms with van der Waals surface area (Å²) >= 11 is 0. The highest BCUT2D eigenvalue weighted by molar-refractivity contribution is 5.40. The fourth-order valence-electron chi connectivity index (χ4n) is 2.56. The zero-order chi connectivity index (χ0) is 11.7. The van der Waals surface area contributed by atoms with Crippen LogP contribution in [0.15, 0.2) is 18.2 Å². The van der Waals surface area contributed by atoms with E-state index in [0.29, 0.717) is 12.7 Å². The van der Waals surface area contributed by atoms with Crippen LogP contribution in [-0.4, -0.2) is 31.9 Å². The molecule has 0 spiro atoms. The van der Waals surface area contributed by atoms with Crippen LogP contribution in [0.3, 0.4) is 0 Å². The van der Waals surface area contributed by atoms with Crippen molar-refractivity contribution in [2.45, 2.75) is 32.0 Å². The van der Waals surface area contributed by atoms with E-state index in [1.54, 1.807) is 0 Å². The first-order chi connectivity index (χ1) is 8.31. The summed E-state index contributed by atoms with van der Waals surface area (Å²) in [6.07, 6.45) is 2.69. The SMILES string of the molecule is Cc1ccc2c(c1)CC(COC1CCNC1)O2. The number of ether oxygens (including phenoxy) is 2. The monoisotopic (exact) mass is 233 g/mol. The van der Waals surface area contributed by atoms with Gasteiger partial charge in [0, 0.05) is 13.0 Å². The maximum absolute atomic E-state index is 5.88. The largest absolute Gasteiger partial charge is 0.487 e. The van der Waals surface area contributed by atoms with Crippen LogP contribution in [0.5, 0.6) is 5.75 Å².